The monoisotopic (exact) mass is 416 g/mol. The summed E-state index contributed by atoms with van der Waals surface area (Å²) in [6, 6.07) is 6.96. The van der Waals surface area contributed by atoms with Gasteiger partial charge in [-0.25, -0.2) is 4.98 Å². The molecule has 1 aliphatic rings. The summed E-state index contributed by atoms with van der Waals surface area (Å²) >= 11 is 7.41. The zero-order valence-electron chi connectivity index (χ0n) is 15.1. The maximum Gasteiger partial charge on any atom is 0.264 e. The van der Waals surface area contributed by atoms with Crippen molar-refractivity contribution in [2.45, 2.75) is 6.92 Å². The molecule has 1 aromatic carbocycles. The van der Waals surface area contributed by atoms with Gasteiger partial charge in [0.15, 0.2) is 0 Å². The van der Waals surface area contributed by atoms with Crippen LogP contribution in [-0.4, -0.2) is 57.2 Å². The first-order chi connectivity index (χ1) is 13.5. The Balaban J connectivity index is 1.46. The predicted octanol–water partition coefficient (Wildman–Crippen LogP) is 2.21. The quantitative estimate of drug-likeness (QED) is 0.703. The fourth-order valence-electron chi connectivity index (χ4n) is 2.99. The summed E-state index contributed by atoms with van der Waals surface area (Å²) in [5, 5.41) is 10.5. The number of amides is 1. The van der Waals surface area contributed by atoms with E-state index in [1.54, 1.807) is 29.2 Å². The number of anilines is 1. The Hall–Kier alpha value is -2.78. The van der Waals surface area contributed by atoms with Crippen LogP contribution in [0.5, 0.6) is 0 Å². The fraction of sp³-hybridized carbons (Fsp3) is 0.278. The van der Waals surface area contributed by atoms with Crippen LogP contribution in [0.2, 0.25) is 5.02 Å². The molecular weight excluding hydrogens is 400 g/mol. The third-order valence-electron chi connectivity index (χ3n) is 4.50. The number of carbonyl (C=O) groups is 1. The average Bonchev–Trinajstić information content (AvgIpc) is 3.14. The first kappa shape index (κ1) is 18.6. The van der Waals surface area contributed by atoms with Crippen molar-refractivity contribution in [1.29, 1.82) is 0 Å². The summed E-state index contributed by atoms with van der Waals surface area (Å²) in [5.74, 6) is 0.0826. The van der Waals surface area contributed by atoms with Gasteiger partial charge in [-0.05, 0) is 31.2 Å². The van der Waals surface area contributed by atoms with Crippen molar-refractivity contribution in [1.82, 2.24) is 25.1 Å². The smallest absolute Gasteiger partial charge is 0.264 e. The van der Waals surface area contributed by atoms with Crippen molar-refractivity contribution < 1.29 is 4.79 Å². The van der Waals surface area contributed by atoms with Crippen LogP contribution in [-0.2, 0) is 0 Å². The van der Waals surface area contributed by atoms with E-state index in [-0.39, 0.29) is 11.5 Å². The van der Waals surface area contributed by atoms with E-state index in [1.807, 2.05) is 6.92 Å². The standard InChI is InChI=1S/C18H17ClN6O2S/c1-11-22-23-18(28-11)25-8-6-24(7-9-25)17(27)14-10-20-15(21-16(14)26)12-2-4-13(19)5-3-12/h2-5,10H,6-9H2,1H3,(H,20,21,26). The SMILES string of the molecule is Cc1nnc(N2CCN(C(=O)c3cnc(-c4ccc(Cl)cc4)[nH]c3=O)CC2)s1. The molecule has 3 aromatic rings. The van der Waals surface area contributed by atoms with Crippen LogP contribution in [0.4, 0.5) is 5.13 Å². The lowest BCUT2D eigenvalue weighted by Crippen LogP contribution is -2.49. The first-order valence-corrected chi connectivity index (χ1v) is 9.90. The van der Waals surface area contributed by atoms with Crippen LogP contribution in [0.3, 0.4) is 0 Å². The molecule has 0 unspecified atom stereocenters. The van der Waals surface area contributed by atoms with Gasteiger partial charge in [-0.15, -0.1) is 10.2 Å². The number of benzene rings is 1. The second-order valence-electron chi connectivity index (χ2n) is 6.36. The van der Waals surface area contributed by atoms with Crippen LogP contribution >= 0.6 is 22.9 Å². The number of aryl methyl sites for hydroxylation is 1. The molecule has 1 N–H and O–H groups in total. The Labute approximate surface area is 169 Å². The lowest BCUT2D eigenvalue weighted by molar-refractivity contribution is 0.0744. The molecule has 4 rings (SSSR count). The van der Waals surface area contributed by atoms with Gasteiger partial charge in [-0.3, -0.25) is 9.59 Å². The van der Waals surface area contributed by atoms with Gasteiger partial charge >= 0.3 is 0 Å². The Morgan fingerprint density at radius 1 is 1.14 bits per heavy atom. The molecule has 144 valence electrons. The van der Waals surface area contributed by atoms with Gasteiger partial charge in [-0.1, -0.05) is 22.9 Å². The molecule has 0 bridgehead atoms. The summed E-state index contributed by atoms with van der Waals surface area (Å²) in [7, 11) is 0. The van der Waals surface area contributed by atoms with Crippen molar-refractivity contribution in [2.24, 2.45) is 0 Å². The van der Waals surface area contributed by atoms with Gasteiger partial charge in [-0.2, -0.15) is 0 Å². The maximum atomic E-state index is 12.8. The number of nitrogens with one attached hydrogen (secondary N) is 1. The molecule has 1 fully saturated rings. The van der Waals surface area contributed by atoms with Crippen LogP contribution < -0.4 is 10.5 Å². The molecule has 0 aliphatic carbocycles. The predicted molar refractivity (Wildman–Crippen MR) is 108 cm³/mol. The number of piperazine rings is 1. The van der Waals surface area contributed by atoms with Gasteiger partial charge in [0.2, 0.25) is 5.13 Å². The Kier molecular flexibility index (Phi) is 5.10. The van der Waals surface area contributed by atoms with E-state index in [2.05, 4.69) is 25.1 Å². The van der Waals surface area contributed by atoms with Gasteiger partial charge < -0.3 is 14.8 Å². The molecular formula is C18H17ClN6O2S. The molecule has 0 saturated carbocycles. The number of hydrogen-bond donors (Lipinski definition) is 1. The van der Waals surface area contributed by atoms with Crippen LogP contribution in [0, 0.1) is 6.92 Å². The summed E-state index contributed by atoms with van der Waals surface area (Å²) < 4.78 is 0. The van der Waals surface area contributed by atoms with E-state index in [0.717, 1.165) is 15.7 Å². The van der Waals surface area contributed by atoms with E-state index < -0.39 is 5.56 Å². The summed E-state index contributed by atoms with van der Waals surface area (Å²) in [4.78, 5) is 35.9. The topological polar surface area (TPSA) is 95.1 Å². The molecule has 2 aromatic heterocycles. The second-order valence-corrected chi connectivity index (χ2v) is 7.96. The highest BCUT2D eigenvalue weighted by Gasteiger charge is 2.25. The fourth-order valence-corrected chi connectivity index (χ4v) is 3.85. The molecule has 1 aliphatic heterocycles. The third kappa shape index (κ3) is 3.76. The van der Waals surface area contributed by atoms with Gasteiger partial charge in [0.1, 0.15) is 16.4 Å². The van der Waals surface area contributed by atoms with Crippen LogP contribution in [0.1, 0.15) is 15.4 Å². The number of halogens is 1. The number of aromatic amines is 1. The molecule has 3 heterocycles. The van der Waals surface area contributed by atoms with Crippen molar-refractivity contribution in [2.75, 3.05) is 31.1 Å². The van der Waals surface area contributed by atoms with Gasteiger partial charge in [0, 0.05) is 43.0 Å². The van der Waals surface area contributed by atoms with E-state index in [0.29, 0.717) is 37.0 Å². The average molecular weight is 417 g/mol. The van der Waals surface area contributed by atoms with Crippen molar-refractivity contribution in [3.63, 3.8) is 0 Å². The summed E-state index contributed by atoms with van der Waals surface area (Å²) in [6.07, 6.45) is 1.34. The van der Waals surface area contributed by atoms with Crippen LogP contribution in [0.25, 0.3) is 11.4 Å². The normalized spacial score (nSPS) is 14.4. The largest absolute Gasteiger partial charge is 0.343 e. The number of H-pyrrole nitrogens is 1. The second kappa shape index (κ2) is 7.69. The highest BCUT2D eigenvalue weighted by molar-refractivity contribution is 7.15. The first-order valence-electron chi connectivity index (χ1n) is 8.71. The number of nitrogens with zero attached hydrogens (tertiary/aromatic N) is 5. The van der Waals surface area contributed by atoms with Crippen molar-refractivity contribution in [3.8, 4) is 11.4 Å². The van der Waals surface area contributed by atoms with Crippen molar-refractivity contribution >= 4 is 34.0 Å². The molecule has 28 heavy (non-hydrogen) atoms. The number of aromatic nitrogens is 4. The Bertz CT molecular complexity index is 1060. The number of hydrogen-bond acceptors (Lipinski definition) is 7. The zero-order valence-corrected chi connectivity index (χ0v) is 16.6. The lowest BCUT2D eigenvalue weighted by atomic mass is 10.2. The minimum Gasteiger partial charge on any atom is -0.343 e. The molecule has 1 saturated heterocycles. The lowest BCUT2D eigenvalue weighted by Gasteiger charge is -2.34. The molecule has 10 heteroatoms. The van der Waals surface area contributed by atoms with Gasteiger partial charge in [0.05, 0.1) is 0 Å². The Morgan fingerprint density at radius 3 is 2.46 bits per heavy atom. The van der Waals surface area contributed by atoms with E-state index in [4.69, 9.17) is 11.6 Å². The highest BCUT2D eigenvalue weighted by atomic mass is 35.5. The molecule has 8 nitrogen and oxygen atoms in total. The van der Waals surface area contributed by atoms with Crippen LogP contribution in [0.15, 0.2) is 35.3 Å². The van der Waals surface area contributed by atoms with Crippen molar-refractivity contribution in [3.05, 3.63) is 56.4 Å². The summed E-state index contributed by atoms with van der Waals surface area (Å²) in [5.41, 5.74) is 0.312. The number of rotatable bonds is 3. The maximum absolute atomic E-state index is 12.8. The molecule has 0 atom stereocenters. The minimum atomic E-state index is -0.452. The minimum absolute atomic E-state index is 0.0397. The van der Waals surface area contributed by atoms with E-state index in [9.17, 15) is 9.59 Å². The van der Waals surface area contributed by atoms with E-state index >= 15 is 0 Å². The number of carbonyl (C=O) groups excluding carboxylic acids is 1. The molecule has 0 radical (unpaired) electrons. The molecule has 1 amide bonds. The summed E-state index contributed by atoms with van der Waals surface area (Å²) in [6.45, 7) is 4.22. The Morgan fingerprint density at radius 2 is 1.86 bits per heavy atom. The highest BCUT2D eigenvalue weighted by Crippen LogP contribution is 2.21. The van der Waals surface area contributed by atoms with Gasteiger partial charge in [0.25, 0.3) is 11.5 Å². The molecule has 0 spiro atoms. The van der Waals surface area contributed by atoms with E-state index in [1.165, 1.54) is 17.5 Å². The zero-order chi connectivity index (χ0) is 19.7. The third-order valence-corrected chi connectivity index (χ3v) is 5.65.